The average molecular weight is 319 g/mol. The van der Waals surface area contributed by atoms with E-state index in [1.54, 1.807) is 12.3 Å². The minimum Gasteiger partial charge on any atom is -0.355 e. The monoisotopic (exact) mass is 319 g/mol. The molecule has 1 aliphatic heterocycles. The van der Waals surface area contributed by atoms with Gasteiger partial charge in [-0.3, -0.25) is 4.98 Å². The van der Waals surface area contributed by atoms with Crippen LogP contribution in [0.25, 0.3) is 10.9 Å². The number of anilines is 1. The van der Waals surface area contributed by atoms with Crippen molar-refractivity contribution in [2.75, 3.05) is 11.1 Å². The lowest BCUT2D eigenvalue weighted by atomic mass is 10.2. The van der Waals surface area contributed by atoms with E-state index in [2.05, 4.69) is 15.6 Å². The zero-order valence-corrected chi connectivity index (χ0v) is 12.6. The number of fused-ring (bicyclic) bond motifs is 1. The Balaban J connectivity index is 1.68. The van der Waals surface area contributed by atoms with E-state index in [1.165, 1.54) is 5.41 Å². The molecule has 7 heteroatoms. The third kappa shape index (κ3) is 3.37. The first-order valence-electron chi connectivity index (χ1n) is 6.35. The zero-order valence-electron chi connectivity index (χ0n) is 11.0. The van der Waals surface area contributed by atoms with E-state index < -0.39 is 9.84 Å². The number of aromatic nitrogens is 1. The van der Waals surface area contributed by atoms with Crippen LogP contribution in [0, 0.1) is 0 Å². The SMILES string of the molecule is O=S1(=O)C=C[C@@H](NC(=S)Nc2ccc3ncccc3c2)C1. The number of nitrogens with one attached hydrogen (secondary N) is 2. The van der Waals surface area contributed by atoms with Gasteiger partial charge in [0.1, 0.15) is 0 Å². The van der Waals surface area contributed by atoms with E-state index in [0.29, 0.717) is 5.11 Å². The van der Waals surface area contributed by atoms with Gasteiger partial charge in [-0.05, 0) is 42.6 Å². The number of pyridine rings is 1. The average Bonchev–Trinajstić information content (AvgIpc) is 2.77. The van der Waals surface area contributed by atoms with E-state index in [-0.39, 0.29) is 11.8 Å². The summed E-state index contributed by atoms with van der Waals surface area (Å²) in [6.07, 6.45) is 3.35. The van der Waals surface area contributed by atoms with Crippen LogP contribution >= 0.6 is 12.2 Å². The maximum Gasteiger partial charge on any atom is 0.173 e. The van der Waals surface area contributed by atoms with Gasteiger partial charge >= 0.3 is 0 Å². The number of benzene rings is 1. The molecule has 0 fully saturated rings. The van der Waals surface area contributed by atoms with Crippen molar-refractivity contribution in [3.63, 3.8) is 0 Å². The molecule has 0 bridgehead atoms. The summed E-state index contributed by atoms with van der Waals surface area (Å²) in [5, 5.41) is 8.64. The summed E-state index contributed by atoms with van der Waals surface area (Å²) in [5.41, 5.74) is 1.74. The molecule has 2 N–H and O–H groups in total. The van der Waals surface area contributed by atoms with Crippen LogP contribution in [0.3, 0.4) is 0 Å². The Morgan fingerprint density at radius 3 is 2.95 bits per heavy atom. The van der Waals surface area contributed by atoms with Gasteiger partial charge in [-0.15, -0.1) is 0 Å². The van der Waals surface area contributed by atoms with Crippen molar-refractivity contribution in [3.8, 4) is 0 Å². The Hall–Kier alpha value is -1.99. The molecule has 1 atom stereocenters. The summed E-state index contributed by atoms with van der Waals surface area (Å²) in [7, 11) is -3.08. The molecule has 0 saturated carbocycles. The standard InChI is InChI=1S/C14H13N3O2S2/c18-21(19)7-5-12(9-21)17-14(20)16-11-3-4-13-10(8-11)2-1-6-15-13/h1-8,12H,9H2,(H2,16,17,20)/t12-/m1/s1. The summed E-state index contributed by atoms with van der Waals surface area (Å²) in [6.45, 7) is 0. The van der Waals surface area contributed by atoms with Crippen molar-refractivity contribution in [1.29, 1.82) is 0 Å². The highest BCUT2D eigenvalue weighted by Crippen LogP contribution is 2.17. The molecular weight excluding hydrogens is 306 g/mol. The minimum atomic E-state index is -3.08. The van der Waals surface area contributed by atoms with Crippen LogP contribution in [0.15, 0.2) is 48.0 Å². The van der Waals surface area contributed by atoms with Crippen LogP contribution in [0.4, 0.5) is 5.69 Å². The summed E-state index contributed by atoms with van der Waals surface area (Å²) >= 11 is 5.20. The molecular formula is C14H13N3O2S2. The Labute approximate surface area is 128 Å². The quantitative estimate of drug-likeness (QED) is 0.823. The van der Waals surface area contributed by atoms with Gasteiger partial charge < -0.3 is 10.6 Å². The second-order valence-electron chi connectivity index (χ2n) is 4.77. The Morgan fingerprint density at radius 1 is 1.33 bits per heavy atom. The van der Waals surface area contributed by atoms with Crippen molar-refractivity contribution in [2.45, 2.75) is 6.04 Å². The lowest BCUT2D eigenvalue weighted by Crippen LogP contribution is -2.38. The maximum absolute atomic E-state index is 11.3. The molecule has 2 heterocycles. The second kappa shape index (κ2) is 5.42. The van der Waals surface area contributed by atoms with Gasteiger partial charge in [-0.1, -0.05) is 6.07 Å². The molecule has 0 amide bonds. The number of hydrogen-bond donors (Lipinski definition) is 2. The van der Waals surface area contributed by atoms with Crippen LogP contribution in [0.1, 0.15) is 0 Å². The number of nitrogens with zero attached hydrogens (tertiary/aromatic N) is 1. The molecule has 0 aliphatic carbocycles. The molecule has 5 nitrogen and oxygen atoms in total. The molecule has 0 saturated heterocycles. The van der Waals surface area contributed by atoms with Gasteiger partial charge in [0.15, 0.2) is 14.9 Å². The Kier molecular flexibility index (Phi) is 3.60. The molecule has 3 rings (SSSR count). The maximum atomic E-state index is 11.3. The highest BCUT2D eigenvalue weighted by molar-refractivity contribution is 7.94. The predicted octanol–water partition coefficient (Wildman–Crippen LogP) is 1.83. The second-order valence-corrected chi connectivity index (χ2v) is 7.11. The molecule has 0 unspecified atom stereocenters. The van der Waals surface area contributed by atoms with E-state index in [9.17, 15) is 8.42 Å². The molecule has 21 heavy (non-hydrogen) atoms. The first kappa shape index (κ1) is 14.0. The van der Waals surface area contributed by atoms with E-state index in [1.807, 2.05) is 30.3 Å². The van der Waals surface area contributed by atoms with Crippen molar-refractivity contribution in [3.05, 3.63) is 48.0 Å². The van der Waals surface area contributed by atoms with Gasteiger partial charge in [0, 0.05) is 22.7 Å². The van der Waals surface area contributed by atoms with Crippen LogP contribution in [0.5, 0.6) is 0 Å². The van der Waals surface area contributed by atoms with Gasteiger partial charge in [0.2, 0.25) is 0 Å². The molecule has 1 aromatic carbocycles. The number of thiocarbonyl (C=S) groups is 1. The fraction of sp³-hybridized carbons (Fsp3) is 0.143. The first-order valence-corrected chi connectivity index (χ1v) is 8.47. The van der Waals surface area contributed by atoms with E-state index in [0.717, 1.165) is 16.6 Å². The molecule has 108 valence electrons. The van der Waals surface area contributed by atoms with Gasteiger partial charge in [0.05, 0.1) is 17.3 Å². The largest absolute Gasteiger partial charge is 0.355 e. The zero-order chi connectivity index (χ0) is 14.9. The lowest BCUT2D eigenvalue weighted by molar-refractivity contribution is 0.603. The number of hydrogen-bond acceptors (Lipinski definition) is 4. The Morgan fingerprint density at radius 2 is 2.19 bits per heavy atom. The summed E-state index contributed by atoms with van der Waals surface area (Å²) in [4.78, 5) is 4.25. The summed E-state index contributed by atoms with van der Waals surface area (Å²) in [6, 6.07) is 9.28. The minimum absolute atomic E-state index is 0.0382. The van der Waals surface area contributed by atoms with Gasteiger partial charge in [-0.2, -0.15) is 0 Å². The first-order chi connectivity index (χ1) is 10.0. The van der Waals surface area contributed by atoms with Gasteiger partial charge in [0.25, 0.3) is 0 Å². The molecule has 2 aromatic rings. The smallest absolute Gasteiger partial charge is 0.173 e. The topological polar surface area (TPSA) is 71.1 Å². The fourth-order valence-corrected chi connectivity index (χ4v) is 3.66. The van der Waals surface area contributed by atoms with Crippen LogP contribution in [-0.4, -0.2) is 30.3 Å². The van der Waals surface area contributed by atoms with Crippen molar-refractivity contribution < 1.29 is 8.42 Å². The van der Waals surface area contributed by atoms with Crippen LogP contribution in [0.2, 0.25) is 0 Å². The van der Waals surface area contributed by atoms with Gasteiger partial charge in [-0.25, -0.2) is 8.42 Å². The van der Waals surface area contributed by atoms with Crippen molar-refractivity contribution >= 4 is 43.8 Å². The summed E-state index contributed by atoms with van der Waals surface area (Å²) in [5.74, 6) is 0.0382. The number of sulfone groups is 1. The molecule has 1 aromatic heterocycles. The third-order valence-corrected chi connectivity index (χ3v) is 4.72. The van der Waals surface area contributed by atoms with E-state index >= 15 is 0 Å². The molecule has 0 radical (unpaired) electrons. The Bertz CT molecular complexity index is 831. The van der Waals surface area contributed by atoms with Crippen molar-refractivity contribution in [1.82, 2.24) is 10.3 Å². The van der Waals surface area contributed by atoms with Crippen molar-refractivity contribution in [2.24, 2.45) is 0 Å². The van der Waals surface area contributed by atoms with Crippen LogP contribution < -0.4 is 10.6 Å². The lowest BCUT2D eigenvalue weighted by Gasteiger charge is -2.14. The highest BCUT2D eigenvalue weighted by atomic mass is 32.2. The fourth-order valence-electron chi connectivity index (χ4n) is 2.15. The molecule has 0 spiro atoms. The van der Waals surface area contributed by atoms with Crippen LogP contribution in [-0.2, 0) is 9.84 Å². The number of rotatable bonds is 2. The normalized spacial score (nSPS) is 19.5. The highest BCUT2D eigenvalue weighted by Gasteiger charge is 2.21. The van der Waals surface area contributed by atoms with E-state index in [4.69, 9.17) is 12.2 Å². The molecule has 1 aliphatic rings. The summed E-state index contributed by atoms with van der Waals surface area (Å²) < 4.78 is 22.7. The predicted molar refractivity (Wildman–Crippen MR) is 87.8 cm³/mol. The third-order valence-electron chi connectivity index (χ3n) is 3.11.